The summed E-state index contributed by atoms with van der Waals surface area (Å²) < 4.78 is 16.5. The van der Waals surface area contributed by atoms with Crippen molar-refractivity contribution in [3.8, 4) is 11.5 Å². The third kappa shape index (κ3) is 2.60. The number of ether oxygens (including phenoxy) is 2. The zero-order valence-electron chi connectivity index (χ0n) is 13.7. The number of nitrogens with zero attached hydrogens (tertiary/aromatic N) is 3. The van der Waals surface area contributed by atoms with Crippen LogP contribution < -0.4 is 14.4 Å². The number of anilines is 1. The van der Waals surface area contributed by atoms with Crippen LogP contribution in [0.25, 0.3) is 0 Å². The van der Waals surface area contributed by atoms with Crippen molar-refractivity contribution in [2.75, 3.05) is 24.7 Å². The van der Waals surface area contributed by atoms with Gasteiger partial charge in [0, 0.05) is 30.6 Å². The second-order valence-electron chi connectivity index (χ2n) is 6.38. The first-order chi connectivity index (χ1) is 11.6. The average Bonchev–Trinajstić information content (AvgIpc) is 3.21. The van der Waals surface area contributed by atoms with Crippen molar-refractivity contribution in [1.82, 2.24) is 10.1 Å². The lowest BCUT2D eigenvalue weighted by atomic mass is 10.1. The van der Waals surface area contributed by atoms with Crippen molar-refractivity contribution in [2.45, 2.75) is 32.1 Å². The number of hydrogen-bond acceptors (Lipinski definition) is 6. The maximum atomic E-state index is 12.4. The van der Waals surface area contributed by atoms with E-state index in [1.54, 1.807) is 4.90 Å². The van der Waals surface area contributed by atoms with Gasteiger partial charge < -0.3 is 18.9 Å². The molecule has 2 aliphatic rings. The van der Waals surface area contributed by atoms with Crippen molar-refractivity contribution in [2.24, 2.45) is 0 Å². The third-order valence-electron chi connectivity index (χ3n) is 4.29. The smallest absolute Gasteiger partial charge is 0.232 e. The first-order valence-corrected chi connectivity index (χ1v) is 8.15. The molecular weight excluding hydrogens is 310 g/mol. The Kier molecular flexibility index (Phi) is 3.63. The van der Waals surface area contributed by atoms with Crippen LogP contribution in [-0.2, 0) is 4.79 Å². The second-order valence-corrected chi connectivity index (χ2v) is 6.38. The highest BCUT2D eigenvalue weighted by atomic mass is 16.6. The molecular formula is C17H19N3O4. The van der Waals surface area contributed by atoms with E-state index in [2.05, 4.69) is 10.1 Å². The van der Waals surface area contributed by atoms with Crippen LogP contribution >= 0.6 is 0 Å². The molecule has 7 nitrogen and oxygen atoms in total. The minimum atomic E-state index is -0.0781. The SMILES string of the molecule is CC(C)c1noc([C@H]2CC(=O)N(c3ccc4c(c3)OCCO4)C2)n1. The number of benzene rings is 1. The Morgan fingerprint density at radius 3 is 2.75 bits per heavy atom. The molecule has 0 N–H and O–H groups in total. The van der Waals surface area contributed by atoms with E-state index >= 15 is 0 Å². The molecule has 24 heavy (non-hydrogen) atoms. The molecule has 1 atom stereocenters. The van der Waals surface area contributed by atoms with Gasteiger partial charge in [-0.15, -0.1) is 0 Å². The fraction of sp³-hybridized carbons (Fsp3) is 0.471. The zero-order valence-corrected chi connectivity index (χ0v) is 13.7. The summed E-state index contributed by atoms with van der Waals surface area (Å²) in [6, 6.07) is 5.57. The van der Waals surface area contributed by atoms with E-state index in [9.17, 15) is 4.79 Å². The van der Waals surface area contributed by atoms with Crippen LogP contribution in [0.15, 0.2) is 22.7 Å². The van der Waals surface area contributed by atoms with Gasteiger partial charge in [0.2, 0.25) is 11.8 Å². The highest BCUT2D eigenvalue weighted by Gasteiger charge is 2.35. The summed E-state index contributed by atoms with van der Waals surface area (Å²) in [6.07, 6.45) is 0.369. The average molecular weight is 329 g/mol. The number of aromatic nitrogens is 2. The Morgan fingerprint density at radius 1 is 1.21 bits per heavy atom. The Morgan fingerprint density at radius 2 is 2.00 bits per heavy atom. The van der Waals surface area contributed by atoms with Crippen LogP contribution in [0.2, 0.25) is 0 Å². The van der Waals surface area contributed by atoms with E-state index in [0.717, 1.165) is 5.69 Å². The maximum absolute atomic E-state index is 12.4. The van der Waals surface area contributed by atoms with E-state index in [4.69, 9.17) is 14.0 Å². The minimum absolute atomic E-state index is 0.0426. The predicted molar refractivity (Wildman–Crippen MR) is 85.5 cm³/mol. The summed E-state index contributed by atoms with van der Waals surface area (Å²) >= 11 is 0. The van der Waals surface area contributed by atoms with Gasteiger partial charge in [0.25, 0.3) is 0 Å². The molecule has 126 valence electrons. The monoisotopic (exact) mass is 329 g/mol. The predicted octanol–water partition coefficient (Wildman–Crippen LogP) is 2.48. The van der Waals surface area contributed by atoms with E-state index < -0.39 is 0 Å². The van der Waals surface area contributed by atoms with Gasteiger partial charge >= 0.3 is 0 Å². The molecule has 4 rings (SSSR count). The van der Waals surface area contributed by atoms with Crippen molar-refractivity contribution in [3.05, 3.63) is 29.9 Å². The standard InChI is InChI=1S/C17H19N3O4/c1-10(2)16-18-17(24-19-16)11-7-15(21)20(9-11)12-3-4-13-14(8-12)23-6-5-22-13/h3-4,8,10-11H,5-7,9H2,1-2H3/t11-/m0/s1. The molecule has 0 unspecified atom stereocenters. The Labute approximate surface area is 139 Å². The highest BCUT2D eigenvalue weighted by molar-refractivity contribution is 5.96. The number of amides is 1. The van der Waals surface area contributed by atoms with Crippen molar-refractivity contribution >= 4 is 11.6 Å². The number of carbonyl (C=O) groups is 1. The maximum Gasteiger partial charge on any atom is 0.232 e. The Balaban J connectivity index is 1.55. The Bertz CT molecular complexity index is 771. The lowest BCUT2D eigenvalue weighted by Gasteiger charge is -2.22. The van der Waals surface area contributed by atoms with Crippen molar-refractivity contribution in [1.29, 1.82) is 0 Å². The first-order valence-electron chi connectivity index (χ1n) is 8.15. The number of rotatable bonds is 3. The molecule has 1 fully saturated rings. The topological polar surface area (TPSA) is 77.7 Å². The summed E-state index contributed by atoms with van der Waals surface area (Å²) in [5.74, 6) is 2.77. The zero-order chi connectivity index (χ0) is 16.7. The molecule has 0 aliphatic carbocycles. The Hall–Kier alpha value is -2.57. The van der Waals surface area contributed by atoms with Crippen molar-refractivity contribution < 1.29 is 18.8 Å². The van der Waals surface area contributed by atoms with E-state index in [-0.39, 0.29) is 17.7 Å². The first kappa shape index (κ1) is 15.0. The number of carbonyl (C=O) groups excluding carboxylic acids is 1. The largest absolute Gasteiger partial charge is 0.486 e. The summed E-state index contributed by atoms with van der Waals surface area (Å²) in [5.41, 5.74) is 0.801. The number of hydrogen-bond donors (Lipinski definition) is 0. The van der Waals surface area contributed by atoms with Gasteiger partial charge in [0.1, 0.15) is 13.2 Å². The van der Waals surface area contributed by atoms with E-state index in [1.165, 1.54) is 0 Å². The molecule has 1 aromatic heterocycles. The lowest BCUT2D eigenvalue weighted by Crippen LogP contribution is -2.24. The molecule has 0 saturated carbocycles. The quantitative estimate of drug-likeness (QED) is 0.861. The molecule has 1 amide bonds. The molecule has 0 spiro atoms. The van der Waals surface area contributed by atoms with Gasteiger partial charge in [-0.3, -0.25) is 4.79 Å². The van der Waals surface area contributed by atoms with Crippen LogP contribution in [-0.4, -0.2) is 35.8 Å². The normalized spacial score (nSPS) is 20.0. The van der Waals surface area contributed by atoms with Crippen LogP contribution in [0.3, 0.4) is 0 Å². The summed E-state index contributed by atoms with van der Waals surface area (Å²) in [6.45, 7) is 5.61. The second kappa shape index (κ2) is 5.81. The summed E-state index contributed by atoms with van der Waals surface area (Å²) in [7, 11) is 0. The number of fused-ring (bicyclic) bond motifs is 1. The van der Waals surface area contributed by atoms with Crippen LogP contribution in [0.5, 0.6) is 11.5 Å². The summed E-state index contributed by atoms with van der Waals surface area (Å²) in [4.78, 5) is 18.6. The molecule has 0 bridgehead atoms. The molecule has 7 heteroatoms. The molecule has 2 aromatic rings. The molecule has 3 heterocycles. The van der Waals surface area contributed by atoms with E-state index in [1.807, 2.05) is 32.0 Å². The molecule has 0 radical (unpaired) electrons. The van der Waals surface area contributed by atoms with Crippen LogP contribution in [0.1, 0.15) is 43.8 Å². The molecule has 2 aliphatic heterocycles. The molecule has 1 saturated heterocycles. The van der Waals surface area contributed by atoms with Crippen molar-refractivity contribution in [3.63, 3.8) is 0 Å². The van der Waals surface area contributed by atoms with E-state index in [0.29, 0.717) is 49.4 Å². The van der Waals surface area contributed by atoms with Gasteiger partial charge in [-0.2, -0.15) is 4.98 Å². The van der Waals surface area contributed by atoms with Gasteiger partial charge in [0.15, 0.2) is 17.3 Å². The lowest BCUT2D eigenvalue weighted by molar-refractivity contribution is -0.117. The fourth-order valence-electron chi connectivity index (χ4n) is 2.97. The third-order valence-corrected chi connectivity index (χ3v) is 4.29. The van der Waals surface area contributed by atoms with Crippen LogP contribution in [0, 0.1) is 0 Å². The minimum Gasteiger partial charge on any atom is -0.486 e. The highest BCUT2D eigenvalue weighted by Crippen LogP contribution is 2.37. The fourth-order valence-corrected chi connectivity index (χ4v) is 2.97. The molecule has 1 aromatic carbocycles. The van der Waals surface area contributed by atoms with Gasteiger partial charge in [-0.25, -0.2) is 0 Å². The van der Waals surface area contributed by atoms with Crippen LogP contribution in [0.4, 0.5) is 5.69 Å². The van der Waals surface area contributed by atoms with Gasteiger partial charge in [0.05, 0.1) is 5.92 Å². The van der Waals surface area contributed by atoms with Gasteiger partial charge in [-0.1, -0.05) is 19.0 Å². The summed E-state index contributed by atoms with van der Waals surface area (Å²) in [5, 5.41) is 3.99. The van der Waals surface area contributed by atoms with Gasteiger partial charge in [-0.05, 0) is 12.1 Å².